The molecule has 14 heavy (non-hydrogen) atoms. The molecule has 1 aliphatic carbocycles. The summed E-state index contributed by atoms with van der Waals surface area (Å²) < 4.78 is 1.75. The Labute approximate surface area is 83.7 Å². The molecule has 0 radical (unpaired) electrons. The molecule has 1 aromatic heterocycles. The molecule has 1 fully saturated rings. The van der Waals surface area contributed by atoms with Gasteiger partial charge in [-0.3, -0.25) is 0 Å². The normalized spacial score (nSPS) is 20.1. The minimum Gasteiger partial charge on any atom is -0.330 e. The lowest BCUT2D eigenvalue weighted by Crippen LogP contribution is -2.23. The summed E-state index contributed by atoms with van der Waals surface area (Å²) in [5, 5.41) is 11.6. The molecule has 0 amide bonds. The van der Waals surface area contributed by atoms with E-state index in [1.165, 1.54) is 25.7 Å². The van der Waals surface area contributed by atoms with E-state index in [0.29, 0.717) is 18.4 Å². The van der Waals surface area contributed by atoms with E-state index < -0.39 is 0 Å². The molecule has 1 aliphatic rings. The summed E-state index contributed by atoms with van der Waals surface area (Å²) in [6.07, 6.45) is 5.20. The van der Waals surface area contributed by atoms with E-state index in [0.717, 1.165) is 5.82 Å². The van der Waals surface area contributed by atoms with Crippen LogP contribution < -0.4 is 5.73 Å². The minimum atomic E-state index is 0.345. The lowest BCUT2D eigenvalue weighted by molar-refractivity contribution is 0.411. The maximum atomic E-state index is 5.80. The van der Waals surface area contributed by atoms with Crippen molar-refractivity contribution in [2.75, 3.05) is 6.54 Å². The monoisotopic (exact) mass is 195 g/mol. The average Bonchev–Trinajstić information content (AvgIpc) is 2.80. The van der Waals surface area contributed by atoms with Crippen molar-refractivity contribution < 1.29 is 0 Å². The maximum Gasteiger partial charge on any atom is 0.155 e. The van der Waals surface area contributed by atoms with Crippen LogP contribution in [-0.4, -0.2) is 26.8 Å². The summed E-state index contributed by atoms with van der Waals surface area (Å²) in [7, 11) is 1.88. The number of rotatable bonds is 3. The molecule has 1 aromatic rings. The van der Waals surface area contributed by atoms with Crippen molar-refractivity contribution in [3.05, 3.63) is 5.82 Å². The molecule has 0 bridgehead atoms. The van der Waals surface area contributed by atoms with Gasteiger partial charge in [0.1, 0.15) is 0 Å². The molecule has 2 N–H and O–H groups in total. The standard InChI is InChI=1S/C9H17N5/c1-14-9(11-12-13-14)8(6-10)7-4-2-3-5-7/h7-8H,2-6,10H2,1H3. The first kappa shape index (κ1) is 9.58. The fourth-order valence-corrected chi connectivity index (χ4v) is 2.42. The van der Waals surface area contributed by atoms with Crippen LogP contribution in [0.15, 0.2) is 0 Å². The highest BCUT2D eigenvalue weighted by Crippen LogP contribution is 2.35. The summed E-state index contributed by atoms with van der Waals surface area (Å²) in [5.41, 5.74) is 5.80. The highest BCUT2D eigenvalue weighted by atomic mass is 15.5. The van der Waals surface area contributed by atoms with E-state index in [2.05, 4.69) is 15.5 Å². The van der Waals surface area contributed by atoms with E-state index in [9.17, 15) is 0 Å². The molecule has 0 spiro atoms. The first-order chi connectivity index (χ1) is 6.83. The molecule has 2 rings (SSSR count). The summed E-state index contributed by atoms with van der Waals surface area (Å²) in [5.74, 6) is 1.97. The summed E-state index contributed by atoms with van der Waals surface area (Å²) in [4.78, 5) is 0. The van der Waals surface area contributed by atoms with Crippen LogP contribution in [0.3, 0.4) is 0 Å². The van der Waals surface area contributed by atoms with Gasteiger partial charge in [-0.25, -0.2) is 4.68 Å². The Hall–Kier alpha value is -0.970. The van der Waals surface area contributed by atoms with Gasteiger partial charge in [-0.2, -0.15) is 0 Å². The maximum absolute atomic E-state index is 5.80. The Morgan fingerprint density at radius 2 is 2.21 bits per heavy atom. The van der Waals surface area contributed by atoms with E-state index in [1.807, 2.05) is 7.05 Å². The highest BCUT2D eigenvalue weighted by molar-refractivity contribution is 4.98. The van der Waals surface area contributed by atoms with Crippen LogP contribution in [0.1, 0.15) is 37.4 Å². The van der Waals surface area contributed by atoms with Crippen molar-refractivity contribution >= 4 is 0 Å². The molecule has 78 valence electrons. The van der Waals surface area contributed by atoms with Crippen LogP contribution in [0, 0.1) is 5.92 Å². The zero-order valence-corrected chi connectivity index (χ0v) is 8.56. The smallest absolute Gasteiger partial charge is 0.155 e. The number of tetrazole rings is 1. The number of aromatic nitrogens is 4. The molecule has 1 unspecified atom stereocenters. The van der Waals surface area contributed by atoms with Crippen LogP contribution in [0.25, 0.3) is 0 Å². The molecule has 5 heteroatoms. The van der Waals surface area contributed by atoms with E-state index in [1.54, 1.807) is 4.68 Å². The molecule has 0 aliphatic heterocycles. The molecule has 1 atom stereocenters. The van der Waals surface area contributed by atoms with Crippen molar-refractivity contribution in [3.8, 4) is 0 Å². The number of nitrogens with zero attached hydrogens (tertiary/aromatic N) is 4. The third-order valence-corrected chi connectivity index (χ3v) is 3.21. The van der Waals surface area contributed by atoms with E-state index in [4.69, 9.17) is 5.73 Å². The van der Waals surface area contributed by atoms with Gasteiger partial charge >= 0.3 is 0 Å². The third kappa shape index (κ3) is 1.64. The van der Waals surface area contributed by atoms with Crippen LogP contribution in [0.4, 0.5) is 0 Å². The van der Waals surface area contributed by atoms with Gasteiger partial charge in [0.15, 0.2) is 5.82 Å². The quantitative estimate of drug-likeness (QED) is 0.760. The van der Waals surface area contributed by atoms with Gasteiger partial charge in [-0.15, -0.1) is 5.10 Å². The van der Waals surface area contributed by atoms with Crippen LogP contribution in [-0.2, 0) is 7.05 Å². The Morgan fingerprint density at radius 3 is 2.71 bits per heavy atom. The zero-order valence-electron chi connectivity index (χ0n) is 8.56. The number of nitrogens with two attached hydrogens (primary N) is 1. The molecule has 0 aromatic carbocycles. The molecule has 1 saturated carbocycles. The zero-order chi connectivity index (χ0) is 9.97. The summed E-state index contributed by atoms with van der Waals surface area (Å²) >= 11 is 0. The predicted octanol–water partition coefficient (Wildman–Crippen LogP) is 0.443. The van der Waals surface area contributed by atoms with Crippen molar-refractivity contribution in [1.82, 2.24) is 20.2 Å². The molecular weight excluding hydrogens is 178 g/mol. The summed E-state index contributed by atoms with van der Waals surface area (Å²) in [6.45, 7) is 0.652. The number of aryl methyl sites for hydroxylation is 1. The van der Waals surface area contributed by atoms with E-state index in [-0.39, 0.29) is 0 Å². The van der Waals surface area contributed by atoms with Crippen LogP contribution in [0.5, 0.6) is 0 Å². The first-order valence-corrected chi connectivity index (χ1v) is 5.25. The second-order valence-electron chi connectivity index (χ2n) is 4.05. The van der Waals surface area contributed by atoms with Gasteiger partial charge in [0.2, 0.25) is 0 Å². The average molecular weight is 195 g/mol. The predicted molar refractivity (Wildman–Crippen MR) is 52.6 cm³/mol. The second kappa shape index (κ2) is 4.04. The molecule has 1 heterocycles. The molecule has 0 saturated heterocycles. The van der Waals surface area contributed by atoms with Gasteiger partial charge in [-0.05, 0) is 29.2 Å². The lowest BCUT2D eigenvalue weighted by Gasteiger charge is -2.19. The topological polar surface area (TPSA) is 69.6 Å². The first-order valence-electron chi connectivity index (χ1n) is 5.25. The minimum absolute atomic E-state index is 0.345. The Morgan fingerprint density at radius 1 is 1.50 bits per heavy atom. The van der Waals surface area contributed by atoms with Crippen molar-refractivity contribution in [3.63, 3.8) is 0 Å². The lowest BCUT2D eigenvalue weighted by atomic mass is 9.90. The molecule has 5 nitrogen and oxygen atoms in total. The Kier molecular flexibility index (Phi) is 2.77. The number of hydrogen-bond acceptors (Lipinski definition) is 4. The van der Waals surface area contributed by atoms with Gasteiger partial charge < -0.3 is 5.73 Å². The van der Waals surface area contributed by atoms with Crippen molar-refractivity contribution in [1.29, 1.82) is 0 Å². The largest absolute Gasteiger partial charge is 0.330 e. The fourth-order valence-electron chi connectivity index (χ4n) is 2.42. The SMILES string of the molecule is Cn1nnnc1C(CN)C1CCCC1. The summed E-state index contributed by atoms with van der Waals surface area (Å²) in [6, 6.07) is 0. The van der Waals surface area contributed by atoms with Crippen molar-refractivity contribution in [2.45, 2.75) is 31.6 Å². The molecular formula is C9H17N5. The van der Waals surface area contributed by atoms with E-state index >= 15 is 0 Å². The van der Waals surface area contributed by atoms with Crippen molar-refractivity contribution in [2.24, 2.45) is 18.7 Å². The third-order valence-electron chi connectivity index (χ3n) is 3.21. The Bertz CT molecular complexity index is 289. The van der Waals surface area contributed by atoms with Gasteiger partial charge in [0.25, 0.3) is 0 Å². The van der Waals surface area contributed by atoms with Gasteiger partial charge in [0.05, 0.1) is 0 Å². The van der Waals surface area contributed by atoms with Crippen LogP contribution in [0.2, 0.25) is 0 Å². The van der Waals surface area contributed by atoms with Gasteiger partial charge in [0, 0.05) is 19.5 Å². The fraction of sp³-hybridized carbons (Fsp3) is 0.889. The Balaban J connectivity index is 2.16. The van der Waals surface area contributed by atoms with Crippen LogP contribution >= 0.6 is 0 Å². The second-order valence-corrected chi connectivity index (χ2v) is 4.05. The van der Waals surface area contributed by atoms with Gasteiger partial charge in [-0.1, -0.05) is 12.8 Å². The number of hydrogen-bond donors (Lipinski definition) is 1. The highest BCUT2D eigenvalue weighted by Gasteiger charge is 2.28.